The predicted molar refractivity (Wildman–Crippen MR) is 89.0 cm³/mol. The highest BCUT2D eigenvalue weighted by Crippen LogP contribution is 2.35. The van der Waals surface area contributed by atoms with Crippen molar-refractivity contribution in [3.05, 3.63) is 0 Å². The van der Waals surface area contributed by atoms with Crippen LogP contribution in [0.5, 0.6) is 0 Å². The fraction of sp³-hybridized carbons (Fsp3) is 1.00. The fourth-order valence-corrected chi connectivity index (χ4v) is 3.80. The van der Waals surface area contributed by atoms with Crippen LogP contribution in [0.2, 0.25) is 0 Å². The van der Waals surface area contributed by atoms with Gasteiger partial charge in [0.1, 0.15) is 0 Å². The second-order valence-corrected chi connectivity index (χ2v) is 7.36. The first-order chi connectivity index (χ1) is 9.66. The molecule has 120 valence electrons. The Kier molecular flexibility index (Phi) is 9.59. The Balaban J connectivity index is 1.89. The molecule has 0 heterocycles. The summed E-state index contributed by atoms with van der Waals surface area (Å²) in [6.45, 7) is 4.57. The molecule has 1 rings (SSSR count). The first kappa shape index (κ1) is 18.0. The lowest BCUT2D eigenvalue weighted by Crippen LogP contribution is -2.34. The van der Waals surface area contributed by atoms with E-state index in [0.717, 1.165) is 25.2 Å². The van der Waals surface area contributed by atoms with Crippen molar-refractivity contribution in [3.63, 3.8) is 0 Å². The van der Waals surface area contributed by atoms with Crippen molar-refractivity contribution in [2.24, 2.45) is 5.92 Å². The summed E-state index contributed by atoms with van der Waals surface area (Å²) in [5.74, 6) is 0.733. The van der Waals surface area contributed by atoms with Crippen molar-refractivity contribution >= 4 is 0 Å². The molecule has 1 saturated carbocycles. The number of unbranched alkanes of at least 4 members (excludes halogenated alkanes) is 9. The third kappa shape index (κ3) is 8.29. The summed E-state index contributed by atoms with van der Waals surface area (Å²) >= 11 is 0. The summed E-state index contributed by atoms with van der Waals surface area (Å²) in [4.78, 5) is 0. The molecule has 1 heteroatoms. The Morgan fingerprint density at radius 3 is 2.00 bits per heavy atom. The maximum absolute atomic E-state index is 10.6. The zero-order valence-electron chi connectivity index (χ0n) is 14.1. The first-order valence-corrected chi connectivity index (χ1v) is 9.39. The summed E-state index contributed by atoms with van der Waals surface area (Å²) in [7, 11) is 0. The van der Waals surface area contributed by atoms with Gasteiger partial charge in [0.25, 0.3) is 0 Å². The minimum atomic E-state index is -0.308. The van der Waals surface area contributed by atoms with Crippen LogP contribution in [0.4, 0.5) is 0 Å². The Morgan fingerprint density at radius 1 is 0.900 bits per heavy atom. The predicted octanol–water partition coefficient (Wildman–Crippen LogP) is 6.24. The van der Waals surface area contributed by atoms with Crippen molar-refractivity contribution in [2.45, 2.75) is 116 Å². The zero-order chi connectivity index (χ0) is 14.7. The molecule has 20 heavy (non-hydrogen) atoms. The minimum Gasteiger partial charge on any atom is -0.390 e. The van der Waals surface area contributed by atoms with E-state index < -0.39 is 0 Å². The van der Waals surface area contributed by atoms with E-state index in [1.165, 1.54) is 77.0 Å². The van der Waals surface area contributed by atoms with Crippen LogP contribution >= 0.6 is 0 Å². The molecule has 0 amide bonds. The van der Waals surface area contributed by atoms with Gasteiger partial charge < -0.3 is 5.11 Å². The molecule has 0 aromatic heterocycles. The molecule has 0 aromatic carbocycles. The summed E-state index contributed by atoms with van der Waals surface area (Å²) in [6.07, 6.45) is 19.5. The van der Waals surface area contributed by atoms with Crippen molar-refractivity contribution in [1.82, 2.24) is 0 Å². The average Bonchev–Trinajstić information content (AvgIpc) is 2.40. The number of rotatable bonds is 11. The topological polar surface area (TPSA) is 20.2 Å². The standard InChI is InChI=1S/C19H38O/c1-3-4-5-6-7-8-9-10-11-12-15-19(20)16-13-14-18(2)17-19/h18,20H,3-17H2,1-2H3. The van der Waals surface area contributed by atoms with Gasteiger partial charge in [0.15, 0.2) is 0 Å². The van der Waals surface area contributed by atoms with E-state index in [0.29, 0.717) is 0 Å². The third-order valence-corrected chi connectivity index (χ3v) is 5.06. The van der Waals surface area contributed by atoms with E-state index in [9.17, 15) is 5.11 Å². The second kappa shape index (κ2) is 10.7. The van der Waals surface area contributed by atoms with E-state index in [1.807, 2.05) is 0 Å². The van der Waals surface area contributed by atoms with Gasteiger partial charge >= 0.3 is 0 Å². The van der Waals surface area contributed by atoms with E-state index >= 15 is 0 Å². The summed E-state index contributed by atoms with van der Waals surface area (Å²) in [5, 5.41) is 10.6. The van der Waals surface area contributed by atoms with Crippen LogP contribution in [-0.4, -0.2) is 10.7 Å². The van der Waals surface area contributed by atoms with Crippen LogP contribution in [0.3, 0.4) is 0 Å². The summed E-state index contributed by atoms with van der Waals surface area (Å²) < 4.78 is 0. The molecule has 0 aliphatic heterocycles. The smallest absolute Gasteiger partial charge is 0.0650 e. The Hall–Kier alpha value is -0.0400. The van der Waals surface area contributed by atoms with Gasteiger partial charge in [-0.25, -0.2) is 0 Å². The summed E-state index contributed by atoms with van der Waals surface area (Å²) in [6, 6.07) is 0. The molecule has 1 aliphatic rings. The lowest BCUT2D eigenvalue weighted by molar-refractivity contribution is -0.0219. The number of aliphatic hydroxyl groups is 1. The van der Waals surface area contributed by atoms with Gasteiger partial charge in [-0.05, 0) is 25.2 Å². The second-order valence-electron chi connectivity index (χ2n) is 7.36. The number of hydrogen-bond donors (Lipinski definition) is 1. The molecule has 2 unspecified atom stereocenters. The fourth-order valence-electron chi connectivity index (χ4n) is 3.80. The average molecular weight is 283 g/mol. The highest BCUT2D eigenvalue weighted by Gasteiger charge is 2.31. The van der Waals surface area contributed by atoms with Gasteiger partial charge in [-0.2, -0.15) is 0 Å². The van der Waals surface area contributed by atoms with Gasteiger partial charge in [0.05, 0.1) is 5.60 Å². The normalized spacial score (nSPS) is 26.9. The maximum atomic E-state index is 10.6. The Morgan fingerprint density at radius 2 is 1.45 bits per heavy atom. The van der Waals surface area contributed by atoms with Crippen molar-refractivity contribution < 1.29 is 5.11 Å². The minimum absolute atomic E-state index is 0.308. The largest absolute Gasteiger partial charge is 0.390 e. The number of hydrogen-bond acceptors (Lipinski definition) is 1. The van der Waals surface area contributed by atoms with Crippen LogP contribution in [0, 0.1) is 5.92 Å². The molecule has 0 radical (unpaired) electrons. The van der Waals surface area contributed by atoms with Crippen molar-refractivity contribution in [3.8, 4) is 0 Å². The quantitative estimate of drug-likeness (QED) is 0.445. The Labute approximate surface area is 127 Å². The molecular formula is C19H38O. The maximum Gasteiger partial charge on any atom is 0.0650 e. The van der Waals surface area contributed by atoms with Crippen molar-refractivity contribution in [2.75, 3.05) is 0 Å². The first-order valence-electron chi connectivity index (χ1n) is 9.39. The molecule has 1 nitrogen and oxygen atoms in total. The molecule has 0 aromatic rings. The van der Waals surface area contributed by atoms with Crippen molar-refractivity contribution in [1.29, 1.82) is 0 Å². The highest BCUT2D eigenvalue weighted by atomic mass is 16.3. The van der Waals surface area contributed by atoms with E-state index in [1.54, 1.807) is 0 Å². The molecular weight excluding hydrogens is 244 g/mol. The molecule has 1 N–H and O–H groups in total. The SMILES string of the molecule is CCCCCCCCCCCCC1(O)CCCC(C)C1. The molecule has 2 atom stereocenters. The van der Waals surface area contributed by atoms with E-state index in [2.05, 4.69) is 13.8 Å². The molecule has 0 bridgehead atoms. The van der Waals surface area contributed by atoms with Crippen LogP contribution in [0.15, 0.2) is 0 Å². The zero-order valence-corrected chi connectivity index (χ0v) is 14.1. The highest BCUT2D eigenvalue weighted by molar-refractivity contribution is 4.84. The van der Waals surface area contributed by atoms with E-state index in [4.69, 9.17) is 0 Å². The molecule has 0 saturated heterocycles. The van der Waals surface area contributed by atoms with E-state index in [-0.39, 0.29) is 5.60 Å². The van der Waals surface area contributed by atoms with Crippen LogP contribution in [-0.2, 0) is 0 Å². The van der Waals surface area contributed by atoms with Crippen LogP contribution < -0.4 is 0 Å². The molecule has 1 fully saturated rings. The van der Waals surface area contributed by atoms with Gasteiger partial charge in [-0.1, -0.05) is 90.9 Å². The molecule has 0 spiro atoms. The van der Waals surface area contributed by atoms with Crippen LogP contribution in [0.1, 0.15) is 110 Å². The van der Waals surface area contributed by atoms with Gasteiger partial charge in [0.2, 0.25) is 0 Å². The van der Waals surface area contributed by atoms with Gasteiger partial charge in [-0.3, -0.25) is 0 Å². The molecule has 1 aliphatic carbocycles. The Bertz CT molecular complexity index is 226. The third-order valence-electron chi connectivity index (χ3n) is 5.06. The lowest BCUT2D eigenvalue weighted by atomic mass is 9.76. The monoisotopic (exact) mass is 282 g/mol. The van der Waals surface area contributed by atoms with Gasteiger partial charge in [0, 0.05) is 0 Å². The van der Waals surface area contributed by atoms with Gasteiger partial charge in [-0.15, -0.1) is 0 Å². The summed E-state index contributed by atoms with van der Waals surface area (Å²) in [5.41, 5.74) is -0.308. The lowest BCUT2D eigenvalue weighted by Gasteiger charge is -2.35. The van der Waals surface area contributed by atoms with Crippen LogP contribution in [0.25, 0.3) is 0 Å².